The number of nitrogens with zero attached hydrogens (tertiary/aromatic N) is 2. The van der Waals surface area contributed by atoms with Crippen molar-refractivity contribution in [3.63, 3.8) is 0 Å². The quantitative estimate of drug-likeness (QED) is 0.310. The summed E-state index contributed by atoms with van der Waals surface area (Å²) in [6.45, 7) is 6.20. The van der Waals surface area contributed by atoms with E-state index in [1.54, 1.807) is 0 Å². The van der Waals surface area contributed by atoms with Crippen LogP contribution >= 0.6 is 24.0 Å². The van der Waals surface area contributed by atoms with Crippen molar-refractivity contribution in [3.05, 3.63) is 29.8 Å². The third kappa shape index (κ3) is 6.25. The van der Waals surface area contributed by atoms with Crippen LogP contribution in [-0.4, -0.2) is 55.6 Å². The van der Waals surface area contributed by atoms with E-state index in [2.05, 4.69) is 34.6 Å². The van der Waals surface area contributed by atoms with Gasteiger partial charge in [-0.3, -0.25) is 9.79 Å². The SMILES string of the molecule is CCNC(=NCCc1ccc(OCC(=O)NC2CC2)cc1)N1CCC2(CCC2)C1.I. The maximum absolute atomic E-state index is 11.7. The molecule has 166 valence electrons. The number of halogens is 1. The third-order valence-electron chi connectivity index (χ3n) is 6.38. The van der Waals surface area contributed by atoms with Crippen molar-refractivity contribution in [3.8, 4) is 5.75 Å². The predicted octanol–water partition coefficient (Wildman–Crippen LogP) is 3.35. The zero-order valence-electron chi connectivity index (χ0n) is 18.0. The van der Waals surface area contributed by atoms with Crippen molar-refractivity contribution in [2.75, 3.05) is 32.8 Å². The zero-order valence-corrected chi connectivity index (χ0v) is 20.3. The zero-order chi connectivity index (χ0) is 20.1. The van der Waals surface area contributed by atoms with Gasteiger partial charge < -0.3 is 20.3 Å². The van der Waals surface area contributed by atoms with Gasteiger partial charge in [0.05, 0.1) is 0 Å². The molecule has 7 heteroatoms. The molecule has 1 amide bonds. The minimum absolute atomic E-state index is 0. The van der Waals surface area contributed by atoms with Gasteiger partial charge in [-0.1, -0.05) is 18.6 Å². The molecule has 0 radical (unpaired) electrons. The lowest BCUT2D eigenvalue weighted by atomic mass is 9.68. The van der Waals surface area contributed by atoms with Gasteiger partial charge in [-0.15, -0.1) is 24.0 Å². The number of hydrogen-bond acceptors (Lipinski definition) is 3. The van der Waals surface area contributed by atoms with Crippen LogP contribution in [0, 0.1) is 5.41 Å². The summed E-state index contributed by atoms with van der Waals surface area (Å²) in [6, 6.07) is 8.39. The van der Waals surface area contributed by atoms with Gasteiger partial charge in [0.25, 0.3) is 5.91 Å². The molecule has 6 nitrogen and oxygen atoms in total. The highest BCUT2D eigenvalue weighted by molar-refractivity contribution is 14.0. The smallest absolute Gasteiger partial charge is 0.258 e. The number of hydrogen-bond donors (Lipinski definition) is 2. The second-order valence-corrected chi connectivity index (χ2v) is 8.79. The molecule has 0 aromatic heterocycles. The van der Waals surface area contributed by atoms with Crippen molar-refractivity contribution in [2.45, 2.75) is 57.9 Å². The first-order valence-electron chi connectivity index (χ1n) is 11.2. The van der Waals surface area contributed by atoms with Crippen LogP contribution in [0.2, 0.25) is 0 Å². The Morgan fingerprint density at radius 3 is 2.60 bits per heavy atom. The maximum Gasteiger partial charge on any atom is 0.258 e. The molecule has 1 saturated heterocycles. The van der Waals surface area contributed by atoms with E-state index in [1.165, 1.54) is 37.8 Å². The molecule has 4 rings (SSSR count). The second-order valence-electron chi connectivity index (χ2n) is 8.79. The fourth-order valence-electron chi connectivity index (χ4n) is 4.32. The number of guanidine groups is 1. The van der Waals surface area contributed by atoms with Crippen LogP contribution in [0.4, 0.5) is 0 Å². The van der Waals surface area contributed by atoms with Crippen LogP contribution < -0.4 is 15.4 Å². The van der Waals surface area contributed by atoms with Crippen molar-refractivity contribution in [1.82, 2.24) is 15.5 Å². The predicted molar refractivity (Wildman–Crippen MR) is 131 cm³/mol. The molecule has 2 aliphatic carbocycles. The normalized spacial score (nSPS) is 19.8. The fraction of sp³-hybridized carbons (Fsp3) is 0.652. The summed E-state index contributed by atoms with van der Waals surface area (Å²) >= 11 is 0. The first-order chi connectivity index (χ1) is 14.2. The molecular weight excluding hydrogens is 491 g/mol. The van der Waals surface area contributed by atoms with E-state index in [1.807, 2.05) is 12.1 Å². The number of likely N-dealkylation sites (tertiary alicyclic amines) is 1. The summed E-state index contributed by atoms with van der Waals surface area (Å²) in [5, 5.41) is 6.40. The molecular formula is C23H35IN4O2. The molecule has 0 atom stereocenters. The first-order valence-corrected chi connectivity index (χ1v) is 11.2. The number of rotatable bonds is 8. The van der Waals surface area contributed by atoms with Gasteiger partial charge in [0.2, 0.25) is 0 Å². The molecule has 0 bridgehead atoms. The van der Waals surface area contributed by atoms with Crippen molar-refractivity contribution >= 4 is 35.8 Å². The van der Waals surface area contributed by atoms with E-state index in [0.717, 1.165) is 50.6 Å². The molecule has 3 fully saturated rings. The average molecular weight is 526 g/mol. The number of benzene rings is 1. The average Bonchev–Trinajstić information content (AvgIpc) is 3.39. The molecule has 3 aliphatic rings. The highest BCUT2D eigenvalue weighted by atomic mass is 127. The minimum Gasteiger partial charge on any atom is -0.484 e. The summed E-state index contributed by atoms with van der Waals surface area (Å²) in [7, 11) is 0. The van der Waals surface area contributed by atoms with Gasteiger partial charge in [0.15, 0.2) is 12.6 Å². The van der Waals surface area contributed by atoms with Crippen LogP contribution in [0.15, 0.2) is 29.3 Å². The minimum atomic E-state index is -0.0348. The van der Waals surface area contributed by atoms with E-state index in [0.29, 0.717) is 11.5 Å². The monoisotopic (exact) mass is 526 g/mol. The Bertz CT molecular complexity index is 729. The Labute approximate surface area is 197 Å². The van der Waals surface area contributed by atoms with Gasteiger partial charge >= 0.3 is 0 Å². The standard InChI is InChI=1S/C23H34N4O2.HI/c1-2-24-22(27-15-13-23(17-27)11-3-12-23)25-14-10-18-4-8-20(9-5-18)29-16-21(28)26-19-6-7-19;/h4-5,8-9,19H,2-3,6-7,10-17H2,1H3,(H,24,25)(H,26,28);1H. The summed E-state index contributed by atoms with van der Waals surface area (Å²) < 4.78 is 5.57. The number of nitrogens with one attached hydrogen (secondary N) is 2. The van der Waals surface area contributed by atoms with Gasteiger partial charge in [0, 0.05) is 32.2 Å². The van der Waals surface area contributed by atoms with Gasteiger partial charge in [-0.2, -0.15) is 0 Å². The Morgan fingerprint density at radius 2 is 2.00 bits per heavy atom. The first kappa shape index (κ1) is 23.2. The second kappa shape index (κ2) is 10.7. The molecule has 2 saturated carbocycles. The van der Waals surface area contributed by atoms with E-state index in [-0.39, 0.29) is 36.5 Å². The molecule has 1 aromatic carbocycles. The lowest BCUT2D eigenvalue weighted by molar-refractivity contribution is -0.123. The molecule has 1 aliphatic heterocycles. The number of carbonyl (C=O) groups excluding carboxylic acids is 1. The molecule has 30 heavy (non-hydrogen) atoms. The van der Waals surface area contributed by atoms with Crippen molar-refractivity contribution in [1.29, 1.82) is 0 Å². The number of ether oxygens (including phenoxy) is 1. The van der Waals surface area contributed by atoms with Crippen molar-refractivity contribution < 1.29 is 9.53 Å². The topological polar surface area (TPSA) is 66.0 Å². The largest absolute Gasteiger partial charge is 0.484 e. The van der Waals surface area contributed by atoms with Gasteiger partial charge in [-0.05, 0) is 68.6 Å². The highest BCUT2D eigenvalue weighted by Gasteiger charge is 2.43. The Morgan fingerprint density at radius 1 is 1.23 bits per heavy atom. The lowest BCUT2D eigenvalue weighted by Gasteiger charge is -2.38. The summed E-state index contributed by atoms with van der Waals surface area (Å²) in [4.78, 5) is 19.0. The maximum atomic E-state index is 11.7. The number of amides is 1. The van der Waals surface area contributed by atoms with E-state index in [4.69, 9.17) is 9.73 Å². The van der Waals surface area contributed by atoms with E-state index >= 15 is 0 Å². The van der Waals surface area contributed by atoms with E-state index < -0.39 is 0 Å². The Hall–Kier alpha value is -1.51. The highest BCUT2D eigenvalue weighted by Crippen LogP contribution is 2.47. The van der Waals surface area contributed by atoms with Crippen LogP contribution in [-0.2, 0) is 11.2 Å². The van der Waals surface area contributed by atoms with Crippen LogP contribution in [0.5, 0.6) is 5.75 Å². The lowest BCUT2D eigenvalue weighted by Crippen LogP contribution is -2.42. The fourth-order valence-corrected chi connectivity index (χ4v) is 4.32. The third-order valence-corrected chi connectivity index (χ3v) is 6.38. The Balaban J connectivity index is 0.00000256. The van der Waals surface area contributed by atoms with Gasteiger partial charge in [-0.25, -0.2) is 0 Å². The molecule has 1 spiro atoms. The number of aliphatic imine (C=N–C) groups is 1. The molecule has 1 aromatic rings. The molecule has 0 unspecified atom stereocenters. The molecule has 1 heterocycles. The van der Waals surface area contributed by atoms with Crippen LogP contribution in [0.25, 0.3) is 0 Å². The summed E-state index contributed by atoms with van der Waals surface area (Å²) in [5.41, 5.74) is 1.82. The van der Waals surface area contributed by atoms with Crippen LogP contribution in [0.1, 0.15) is 51.0 Å². The summed E-state index contributed by atoms with van der Waals surface area (Å²) in [6.07, 6.45) is 8.58. The van der Waals surface area contributed by atoms with E-state index in [9.17, 15) is 4.79 Å². The summed E-state index contributed by atoms with van der Waals surface area (Å²) in [5.74, 6) is 1.77. The van der Waals surface area contributed by atoms with Gasteiger partial charge in [0.1, 0.15) is 5.75 Å². The van der Waals surface area contributed by atoms with Crippen LogP contribution in [0.3, 0.4) is 0 Å². The molecule has 2 N–H and O–H groups in total. The Kier molecular flexibility index (Phi) is 8.25. The van der Waals surface area contributed by atoms with Crippen molar-refractivity contribution in [2.24, 2.45) is 10.4 Å². The number of carbonyl (C=O) groups is 1.